The third-order valence-corrected chi connectivity index (χ3v) is 5.98. The molecule has 170 valence electrons. The molecule has 0 radical (unpaired) electrons. The van der Waals surface area contributed by atoms with E-state index in [2.05, 4.69) is 56.9 Å². The van der Waals surface area contributed by atoms with E-state index in [1.807, 2.05) is 36.1 Å². The minimum Gasteiger partial charge on any atom is -0.494 e. The van der Waals surface area contributed by atoms with Gasteiger partial charge in [0, 0.05) is 18.2 Å². The highest BCUT2D eigenvalue weighted by Crippen LogP contribution is 2.19. The molecule has 0 heterocycles. The van der Waals surface area contributed by atoms with Gasteiger partial charge >= 0.3 is 0 Å². The second kappa shape index (κ2) is 13.2. The zero-order chi connectivity index (χ0) is 22.6. The van der Waals surface area contributed by atoms with Crippen LogP contribution in [-0.2, 0) is 13.0 Å². The lowest BCUT2D eigenvalue weighted by atomic mass is 10.0. The van der Waals surface area contributed by atoms with Gasteiger partial charge in [0.25, 0.3) is 5.91 Å². The van der Waals surface area contributed by atoms with Crippen molar-refractivity contribution in [2.45, 2.75) is 66.5 Å². The van der Waals surface area contributed by atoms with Gasteiger partial charge in [-0.15, -0.1) is 0 Å². The molecule has 0 saturated heterocycles. The Balaban J connectivity index is 2.15. The van der Waals surface area contributed by atoms with Gasteiger partial charge in [0.1, 0.15) is 5.75 Å². The zero-order valence-corrected chi connectivity index (χ0v) is 20.1. The van der Waals surface area contributed by atoms with Crippen molar-refractivity contribution in [3.63, 3.8) is 0 Å². The Bertz CT molecular complexity index is 767. The minimum absolute atomic E-state index is 0.104. The summed E-state index contributed by atoms with van der Waals surface area (Å²) < 4.78 is 5.56. The van der Waals surface area contributed by atoms with E-state index in [0.29, 0.717) is 13.2 Å². The number of hydrogen-bond acceptors (Lipinski definition) is 3. The number of hydrogen-bond donors (Lipinski definition) is 0. The first-order chi connectivity index (χ1) is 15.0. The third kappa shape index (κ3) is 7.70. The maximum Gasteiger partial charge on any atom is 0.254 e. The summed E-state index contributed by atoms with van der Waals surface area (Å²) in [7, 11) is 0. The van der Waals surface area contributed by atoms with Crippen LogP contribution >= 0.6 is 0 Å². The molecule has 2 rings (SSSR count). The van der Waals surface area contributed by atoms with Crippen molar-refractivity contribution in [1.82, 2.24) is 9.80 Å². The highest BCUT2D eigenvalue weighted by atomic mass is 16.5. The summed E-state index contributed by atoms with van der Waals surface area (Å²) in [5.41, 5.74) is 3.14. The topological polar surface area (TPSA) is 32.8 Å². The second-order valence-corrected chi connectivity index (χ2v) is 8.08. The van der Waals surface area contributed by atoms with Crippen molar-refractivity contribution in [1.29, 1.82) is 0 Å². The highest BCUT2D eigenvalue weighted by molar-refractivity contribution is 5.94. The Morgan fingerprint density at radius 1 is 0.903 bits per heavy atom. The van der Waals surface area contributed by atoms with Crippen LogP contribution in [0, 0.1) is 0 Å². The molecule has 4 nitrogen and oxygen atoms in total. The van der Waals surface area contributed by atoms with Crippen molar-refractivity contribution in [2.24, 2.45) is 0 Å². The highest BCUT2D eigenvalue weighted by Gasteiger charge is 2.22. The molecule has 2 aromatic carbocycles. The Labute approximate surface area is 189 Å². The van der Waals surface area contributed by atoms with E-state index in [1.54, 1.807) is 0 Å². The molecule has 0 fully saturated rings. The fourth-order valence-electron chi connectivity index (χ4n) is 3.84. The number of carbonyl (C=O) groups is 1. The number of amides is 1. The van der Waals surface area contributed by atoms with Crippen LogP contribution in [0.5, 0.6) is 5.75 Å². The van der Waals surface area contributed by atoms with Crippen LogP contribution in [0.25, 0.3) is 0 Å². The first-order valence-corrected chi connectivity index (χ1v) is 11.9. The van der Waals surface area contributed by atoms with Gasteiger partial charge in [-0.2, -0.15) is 0 Å². The molecular formula is C27H40N2O2. The molecule has 31 heavy (non-hydrogen) atoms. The second-order valence-electron chi connectivity index (χ2n) is 8.08. The number of ether oxygens (including phenoxy) is 1. The van der Waals surface area contributed by atoms with E-state index >= 15 is 0 Å². The van der Waals surface area contributed by atoms with Gasteiger partial charge in [-0.1, -0.05) is 45.0 Å². The molecule has 2 aromatic rings. The van der Waals surface area contributed by atoms with E-state index in [9.17, 15) is 4.79 Å². The quantitative estimate of drug-likeness (QED) is 0.407. The van der Waals surface area contributed by atoms with Crippen molar-refractivity contribution in [3.8, 4) is 5.75 Å². The average Bonchev–Trinajstić information content (AvgIpc) is 2.81. The number of nitrogens with zero attached hydrogens (tertiary/aromatic N) is 2. The van der Waals surface area contributed by atoms with Crippen LogP contribution in [0.15, 0.2) is 48.5 Å². The largest absolute Gasteiger partial charge is 0.494 e. The summed E-state index contributed by atoms with van der Waals surface area (Å²) in [5.74, 6) is 0.971. The third-order valence-electron chi connectivity index (χ3n) is 5.98. The molecule has 0 aliphatic rings. The van der Waals surface area contributed by atoms with Crippen molar-refractivity contribution in [3.05, 3.63) is 65.2 Å². The maximum absolute atomic E-state index is 13.5. The molecule has 1 atom stereocenters. The van der Waals surface area contributed by atoms with Gasteiger partial charge in [-0.3, -0.25) is 4.79 Å². The Hall–Kier alpha value is -2.33. The number of benzene rings is 2. The SMILES string of the molecule is CCOc1ccc(CN(C(=O)c2ccc(CC)cc2)C(C)CCCN(CC)CC)cc1. The van der Waals surface area contributed by atoms with Crippen LogP contribution in [0.2, 0.25) is 0 Å². The molecule has 0 aliphatic carbocycles. The van der Waals surface area contributed by atoms with E-state index < -0.39 is 0 Å². The normalized spacial score (nSPS) is 12.1. The lowest BCUT2D eigenvalue weighted by Gasteiger charge is -2.30. The molecule has 0 saturated carbocycles. The molecule has 1 amide bonds. The fourth-order valence-corrected chi connectivity index (χ4v) is 3.84. The predicted octanol–water partition coefficient (Wildman–Crippen LogP) is 5.80. The summed E-state index contributed by atoms with van der Waals surface area (Å²) in [6.07, 6.45) is 3.06. The monoisotopic (exact) mass is 424 g/mol. The Morgan fingerprint density at radius 2 is 1.52 bits per heavy atom. The van der Waals surface area contributed by atoms with Gasteiger partial charge in [-0.05, 0) is 88.1 Å². The first kappa shape index (κ1) is 24.9. The predicted molar refractivity (Wildman–Crippen MR) is 130 cm³/mol. The van der Waals surface area contributed by atoms with Crippen LogP contribution < -0.4 is 4.74 Å². The molecule has 0 spiro atoms. The number of rotatable bonds is 13. The Morgan fingerprint density at radius 3 is 2.06 bits per heavy atom. The maximum atomic E-state index is 13.5. The van der Waals surface area contributed by atoms with E-state index in [0.717, 1.165) is 55.8 Å². The van der Waals surface area contributed by atoms with Gasteiger partial charge in [-0.25, -0.2) is 0 Å². The van der Waals surface area contributed by atoms with E-state index in [1.165, 1.54) is 5.56 Å². The molecule has 0 bridgehead atoms. The molecule has 0 aromatic heterocycles. The number of carbonyl (C=O) groups excluding carboxylic acids is 1. The van der Waals surface area contributed by atoms with Crippen molar-refractivity contribution in [2.75, 3.05) is 26.2 Å². The smallest absolute Gasteiger partial charge is 0.254 e. The van der Waals surface area contributed by atoms with E-state index in [4.69, 9.17) is 4.74 Å². The van der Waals surface area contributed by atoms with Gasteiger partial charge < -0.3 is 14.5 Å². The van der Waals surface area contributed by atoms with Crippen LogP contribution in [-0.4, -0.2) is 48.0 Å². The van der Waals surface area contributed by atoms with Crippen molar-refractivity contribution < 1.29 is 9.53 Å². The molecule has 1 unspecified atom stereocenters. The summed E-state index contributed by atoms with van der Waals surface area (Å²) in [6.45, 7) is 15.2. The van der Waals surface area contributed by atoms with Crippen molar-refractivity contribution >= 4 is 5.91 Å². The van der Waals surface area contributed by atoms with Gasteiger partial charge in [0.05, 0.1) is 6.61 Å². The minimum atomic E-state index is 0.104. The lowest BCUT2D eigenvalue weighted by molar-refractivity contribution is 0.0662. The fraction of sp³-hybridized carbons (Fsp3) is 0.519. The van der Waals surface area contributed by atoms with Crippen LogP contribution in [0.4, 0.5) is 0 Å². The lowest BCUT2D eigenvalue weighted by Crippen LogP contribution is -2.38. The van der Waals surface area contributed by atoms with E-state index in [-0.39, 0.29) is 11.9 Å². The zero-order valence-electron chi connectivity index (χ0n) is 20.1. The van der Waals surface area contributed by atoms with Gasteiger partial charge in [0.2, 0.25) is 0 Å². The summed E-state index contributed by atoms with van der Waals surface area (Å²) in [5, 5.41) is 0. The standard InChI is InChI=1S/C27H40N2O2/c1-6-23-12-16-25(17-13-23)27(30)29(22(5)11-10-20-28(7-2)8-3)21-24-14-18-26(19-15-24)31-9-4/h12-19,22H,6-11,20-21H2,1-5H3. The number of aryl methyl sites for hydroxylation is 1. The summed E-state index contributed by atoms with van der Waals surface area (Å²) >= 11 is 0. The molecular weight excluding hydrogens is 384 g/mol. The summed E-state index contributed by atoms with van der Waals surface area (Å²) in [6, 6.07) is 16.3. The Kier molecular flexibility index (Phi) is 10.6. The molecule has 0 aliphatic heterocycles. The first-order valence-electron chi connectivity index (χ1n) is 11.9. The summed E-state index contributed by atoms with van der Waals surface area (Å²) in [4.78, 5) is 17.9. The van der Waals surface area contributed by atoms with Gasteiger partial charge in [0.15, 0.2) is 0 Å². The van der Waals surface area contributed by atoms with Crippen LogP contribution in [0.3, 0.4) is 0 Å². The molecule has 4 heteroatoms. The van der Waals surface area contributed by atoms with Crippen LogP contribution in [0.1, 0.15) is 68.9 Å². The average molecular weight is 425 g/mol. The molecule has 0 N–H and O–H groups in total.